The summed E-state index contributed by atoms with van der Waals surface area (Å²) in [6.45, 7) is 2.91. The zero-order valence-electron chi connectivity index (χ0n) is 9.98. The Kier molecular flexibility index (Phi) is 3.30. The number of hydrogen-bond donors (Lipinski definition) is 1. The first-order chi connectivity index (χ1) is 8.79. The van der Waals surface area contributed by atoms with Gasteiger partial charge in [-0.1, -0.05) is 0 Å². The molecule has 1 saturated carbocycles. The summed E-state index contributed by atoms with van der Waals surface area (Å²) in [6, 6.07) is 0. The molecule has 0 saturated heterocycles. The molecule has 0 spiro atoms. The second kappa shape index (κ2) is 4.93. The van der Waals surface area contributed by atoms with Crippen LogP contribution in [0, 0.1) is 0 Å². The Bertz CT molecular complexity index is 551. The van der Waals surface area contributed by atoms with Crippen molar-refractivity contribution in [2.75, 3.05) is 11.9 Å². The van der Waals surface area contributed by atoms with Crippen molar-refractivity contribution < 1.29 is 0 Å². The van der Waals surface area contributed by atoms with Gasteiger partial charge in [0.05, 0.1) is 15.7 Å². The predicted octanol–water partition coefficient (Wildman–Crippen LogP) is 3.67. The molecule has 1 N–H and O–H groups in total. The third kappa shape index (κ3) is 2.27. The molecular formula is C12H13BrN4S. The average molecular weight is 325 g/mol. The van der Waals surface area contributed by atoms with Crippen LogP contribution in [0.3, 0.4) is 0 Å². The molecule has 0 radical (unpaired) electrons. The highest BCUT2D eigenvalue weighted by Gasteiger charge is 2.29. The molecule has 2 heterocycles. The molecule has 1 fully saturated rings. The summed E-state index contributed by atoms with van der Waals surface area (Å²) < 4.78 is 1.01. The van der Waals surface area contributed by atoms with Gasteiger partial charge in [0.15, 0.2) is 5.82 Å². The van der Waals surface area contributed by atoms with Crippen LogP contribution in [0.2, 0.25) is 0 Å². The lowest BCUT2D eigenvalue weighted by molar-refractivity contribution is 0.970. The van der Waals surface area contributed by atoms with E-state index >= 15 is 0 Å². The Labute approximate surface area is 118 Å². The number of nitrogens with zero attached hydrogens (tertiary/aromatic N) is 3. The van der Waals surface area contributed by atoms with Crippen LogP contribution in [-0.2, 0) is 0 Å². The molecule has 2 aromatic rings. The van der Waals surface area contributed by atoms with Crippen LogP contribution < -0.4 is 5.32 Å². The van der Waals surface area contributed by atoms with Crippen LogP contribution >= 0.6 is 27.3 Å². The summed E-state index contributed by atoms with van der Waals surface area (Å²) in [5.41, 5.74) is 3.78. The number of hydrogen-bond acceptors (Lipinski definition) is 5. The van der Waals surface area contributed by atoms with Gasteiger partial charge in [-0.2, -0.15) is 0 Å². The van der Waals surface area contributed by atoms with E-state index in [2.05, 4.69) is 43.1 Å². The summed E-state index contributed by atoms with van der Waals surface area (Å²) in [5, 5.41) is 5.26. The van der Waals surface area contributed by atoms with Gasteiger partial charge >= 0.3 is 0 Å². The zero-order valence-corrected chi connectivity index (χ0v) is 12.4. The van der Waals surface area contributed by atoms with Crippen LogP contribution in [0.25, 0.3) is 11.5 Å². The molecule has 94 valence electrons. The van der Waals surface area contributed by atoms with Crippen LogP contribution in [0.15, 0.2) is 15.4 Å². The van der Waals surface area contributed by atoms with E-state index in [1.807, 2.05) is 10.9 Å². The Morgan fingerprint density at radius 3 is 2.89 bits per heavy atom. The standard InChI is InChI=1S/C12H13BrN4S/c1-2-14-12-9(13)10(7-3-4-7)16-11(17-12)8-5-18-6-15-8/h5-7H,2-4H2,1H3,(H,14,16,17). The van der Waals surface area contributed by atoms with Crippen molar-refractivity contribution in [2.24, 2.45) is 0 Å². The fourth-order valence-corrected chi connectivity index (χ4v) is 2.99. The van der Waals surface area contributed by atoms with Crippen molar-refractivity contribution in [1.82, 2.24) is 15.0 Å². The Morgan fingerprint density at radius 1 is 1.44 bits per heavy atom. The number of aromatic nitrogens is 3. The van der Waals surface area contributed by atoms with E-state index in [0.29, 0.717) is 5.92 Å². The maximum Gasteiger partial charge on any atom is 0.181 e. The minimum absolute atomic E-state index is 0.581. The maximum atomic E-state index is 4.67. The lowest BCUT2D eigenvalue weighted by Gasteiger charge is -2.10. The normalized spacial score (nSPS) is 14.8. The minimum Gasteiger partial charge on any atom is -0.369 e. The molecule has 3 rings (SSSR count). The maximum absolute atomic E-state index is 4.67. The summed E-state index contributed by atoms with van der Waals surface area (Å²) in [5.74, 6) is 2.17. The highest BCUT2D eigenvalue weighted by Crippen LogP contribution is 2.44. The third-order valence-electron chi connectivity index (χ3n) is 2.85. The van der Waals surface area contributed by atoms with Crippen LogP contribution in [-0.4, -0.2) is 21.5 Å². The fourth-order valence-electron chi connectivity index (χ4n) is 1.81. The van der Waals surface area contributed by atoms with Gasteiger partial charge in [-0.25, -0.2) is 15.0 Å². The molecule has 0 atom stereocenters. The number of thiazole rings is 1. The van der Waals surface area contributed by atoms with Crippen molar-refractivity contribution in [3.05, 3.63) is 21.1 Å². The van der Waals surface area contributed by atoms with E-state index in [-0.39, 0.29) is 0 Å². The summed E-state index contributed by atoms with van der Waals surface area (Å²) in [4.78, 5) is 13.5. The van der Waals surface area contributed by atoms with Gasteiger partial charge in [-0.15, -0.1) is 11.3 Å². The number of halogens is 1. The number of nitrogens with one attached hydrogen (secondary N) is 1. The van der Waals surface area contributed by atoms with Crippen molar-refractivity contribution in [3.63, 3.8) is 0 Å². The van der Waals surface area contributed by atoms with Gasteiger partial charge in [0.2, 0.25) is 0 Å². The molecule has 6 heteroatoms. The summed E-state index contributed by atoms with van der Waals surface area (Å²) in [6.07, 6.45) is 2.44. The van der Waals surface area contributed by atoms with E-state index in [1.165, 1.54) is 12.8 Å². The monoisotopic (exact) mass is 324 g/mol. The van der Waals surface area contributed by atoms with Crippen molar-refractivity contribution in [1.29, 1.82) is 0 Å². The average Bonchev–Trinajstić information content (AvgIpc) is 3.06. The molecule has 1 aliphatic carbocycles. The molecular weight excluding hydrogens is 312 g/mol. The first-order valence-electron chi connectivity index (χ1n) is 5.99. The van der Waals surface area contributed by atoms with Crippen LogP contribution in [0.4, 0.5) is 5.82 Å². The second-order valence-electron chi connectivity index (χ2n) is 4.27. The fraction of sp³-hybridized carbons (Fsp3) is 0.417. The van der Waals surface area contributed by atoms with E-state index in [1.54, 1.807) is 11.3 Å². The second-order valence-corrected chi connectivity index (χ2v) is 5.79. The van der Waals surface area contributed by atoms with Crippen molar-refractivity contribution in [2.45, 2.75) is 25.7 Å². The van der Waals surface area contributed by atoms with Gasteiger partial charge in [-0.05, 0) is 35.7 Å². The predicted molar refractivity (Wildman–Crippen MR) is 77.0 cm³/mol. The number of anilines is 1. The first kappa shape index (κ1) is 12.0. The van der Waals surface area contributed by atoms with Crippen LogP contribution in [0.5, 0.6) is 0 Å². The molecule has 0 aromatic carbocycles. The van der Waals surface area contributed by atoms with E-state index in [0.717, 1.165) is 34.0 Å². The molecule has 1 aliphatic rings. The molecule has 0 bridgehead atoms. The molecule has 18 heavy (non-hydrogen) atoms. The van der Waals surface area contributed by atoms with Gasteiger partial charge in [-0.3, -0.25) is 0 Å². The van der Waals surface area contributed by atoms with Gasteiger partial charge in [0.25, 0.3) is 0 Å². The molecule has 0 unspecified atom stereocenters. The first-order valence-corrected chi connectivity index (χ1v) is 7.73. The van der Waals surface area contributed by atoms with E-state index < -0.39 is 0 Å². The Hall–Kier alpha value is -1.01. The summed E-state index contributed by atoms with van der Waals surface area (Å²) in [7, 11) is 0. The third-order valence-corrected chi connectivity index (χ3v) is 4.21. The smallest absolute Gasteiger partial charge is 0.181 e. The lowest BCUT2D eigenvalue weighted by Crippen LogP contribution is -2.05. The van der Waals surface area contributed by atoms with E-state index in [9.17, 15) is 0 Å². The summed E-state index contributed by atoms with van der Waals surface area (Å²) >= 11 is 5.18. The van der Waals surface area contributed by atoms with Gasteiger partial charge in [0, 0.05) is 17.8 Å². The topological polar surface area (TPSA) is 50.7 Å². The Morgan fingerprint density at radius 2 is 2.28 bits per heavy atom. The van der Waals surface area contributed by atoms with Gasteiger partial charge < -0.3 is 5.32 Å². The largest absolute Gasteiger partial charge is 0.369 e. The quantitative estimate of drug-likeness (QED) is 0.932. The molecule has 0 amide bonds. The van der Waals surface area contributed by atoms with Crippen molar-refractivity contribution in [3.8, 4) is 11.5 Å². The van der Waals surface area contributed by atoms with Gasteiger partial charge in [0.1, 0.15) is 11.5 Å². The molecule has 2 aromatic heterocycles. The van der Waals surface area contributed by atoms with Crippen LogP contribution in [0.1, 0.15) is 31.4 Å². The highest BCUT2D eigenvalue weighted by molar-refractivity contribution is 9.10. The minimum atomic E-state index is 0.581. The van der Waals surface area contributed by atoms with E-state index in [4.69, 9.17) is 0 Å². The van der Waals surface area contributed by atoms with Crippen molar-refractivity contribution >= 4 is 33.1 Å². The Balaban J connectivity index is 2.09. The zero-order chi connectivity index (χ0) is 12.5. The molecule has 4 nitrogen and oxygen atoms in total. The SMILES string of the molecule is CCNc1nc(-c2cscn2)nc(C2CC2)c1Br. The lowest BCUT2D eigenvalue weighted by atomic mass is 10.2. The molecule has 0 aliphatic heterocycles. The highest BCUT2D eigenvalue weighted by atomic mass is 79.9. The number of rotatable bonds is 4.